The van der Waals surface area contributed by atoms with E-state index in [1.165, 1.54) is 13.8 Å². The minimum Gasteiger partial charge on any atom is -0.711 e. The van der Waals surface area contributed by atoms with Gasteiger partial charge in [0.1, 0.15) is 29.6 Å². The van der Waals surface area contributed by atoms with Crippen LogP contribution in [0.15, 0.2) is 73.1 Å². The van der Waals surface area contributed by atoms with Gasteiger partial charge in [0.05, 0.1) is 0 Å². The summed E-state index contributed by atoms with van der Waals surface area (Å²) in [6, 6.07) is 18.2. The van der Waals surface area contributed by atoms with E-state index >= 15 is 0 Å². The van der Waals surface area contributed by atoms with E-state index in [2.05, 4.69) is 9.97 Å². The molecule has 0 aliphatic carbocycles. The summed E-state index contributed by atoms with van der Waals surface area (Å²) in [6.07, 6.45) is 3.10. The fourth-order valence-electron chi connectivity index (χ4n) is 4.76. The van der Waals surface area contributed by atoms with Crippen molar-refractivity contribution in [2.75, 3.05) is 0 Å². The molecule has 1 fully saturated rings. The molecule has 3 heterocycles. The normalized spacial score (nSPS) is 15.9. The predicted octanol–water partition coefficient (Wildman–Crippen LogP) is 3.95. The molecular weight excluding hydrogens is 500 g/mol. The number of hydrogen-bond acceptors (Lipinski definition) is 8. The smallest absolute Gasteiger partial charge is 0.324 e. The average molecular weight is 529 g/mol. The molecule has 0 bridgehead atoms. The minimum absolute atomic E-state index is 0.127. The molecule has 39 heavy (non-hydrogen) atoms. The van der Waals surface area contributed by atoms with Gasteiger partial charge >= 0.3 is 17.9 Å². The number of cyclic esters (lactones) is 2. The summed E-state index contributed by atoms with van der Waals surface area (Å²) in [5, 5.41) is 13.7. The Kier molecular flexibility index (Phi) is 6.78. The van der Waals surface area contributed by atoms with Crippen molar-refractivity contribution in [1.29, 1.82) is 0 Å². The zero-order valence-electron chi connectivity index (χ0n) is 22.0. The number of hydrogen-bond donors (Lipinski definition) is 0. The maximum atomic E-state index is 13.7. The maximum Gasteiger partial charge on any atom is 0.324 e. The first-order valence-corrected chi connectivity index (χ1v) is 12.5. The van der Waals surface area contributed by atoms with E-state index in [-0.39, 0.29) is 11.8 Å². The monoisotopic (exact) mass is 528 g/mol. The second kappa shape index (κ2) is 10.2. The van der Waals surface area contributed by atoms with Crippen LogP contribution in [0, 0.1) is 25.0 Å². The molecule has 1 aliphatic heterocycles. The lowest BCUT2D eigenvalue weighted by Crippen LogP contribution is -2.50. The Labute approximate surface area is 225 Å². The van der Waals surface area contributed by atoms with Crippen molar-refractivity contribution in [3.05, 3.63) is 107 Å². The van der Waals surface area contributed by atoms with Crippen molar-refractivity contribution in [2.24, 2.45) is 5.92 Å². The van der Waals surface area contributed by atoms with Gasteiger partial charge in [0, 0.05) is 40.1 Å². The first kappa shape index (κ1) is 25.9. The molecule has 10 heteroatoms. The molecule has 1 atom stereocenters. The molecule has 2 aromatic heterocycles. The van der Waals surface area contributed by atoms with Crippen LogP contribution in [0.1, 0.15) is 48.1 Å². The van der Waals surface area contributed by atoms with Gasteiger partial charge < -0.3 is 19.4 Å². The molecule has 0 N–H and O–H groups in total. The summed E-state index contributed by atoms with van der Waals surface area (Å²) in [6.45, 7) is 6.87. The van der Waals surface area contributed by atoms with Gasteiger partial charge in [-0.3, -0.25) is 9.59 Å². The lowest BCUT2D eigenvalue weighted by Gasteiger charge is -2.35. The average Bonchev–Trinajstić information content (AvgIpc) is 3.10. The summed E-state index contributed by atoms with van der Waals surface area (Å²) in [5.74, 6) is -4.87. The third-order valence-corrected chi connectivity index (χ3v) is 6.68. The summed E-state index contributed by atoms with van der Waals surface area (Å²) >= 11 is 0. The Morgan fingerprint density at radius 3 is 2.33 bits per heavy atom. The van der Waals surface area contributed by atoms with Gasteiger partial charge in [0.25, 0.3) is 11.6 Å². The zero-order chi connectivity index (χ0) is 27.7. The number of nitrogens with zero attached hydrogens (tertiary/aromatic N) is 4. The minimum atomic E-state index is -1.43. The number of benzene rings is 2. The van der Waals surface area contributed by atoms with Gasteiger partial charge in [0.2, 0.25) is 0 Å². The van der Waals surface area contributed by atoms with Crippen molar-refractivity contribution < 1.29 is 28.5 Å². The van der Waals surface area contributed by atoms with Crippen LogP contribution in [0.2, 0.25) is 0 Å². The number of ether oxygens (including phenoxy) is 3. The van der Waals surface area contributed by atoms with Crippen molar-refractivity contribution >= 4 is 11.9 Å². The maximum absolute atomic E-state index is 13.7. The Hall–Kier alpha value is -4.73. The van der Waals surface area contributed by atoms with E-state index < -0.39 is 29.6 Å². The highest BCUT2D eigenvalue weighted by Gasteiger charge is 2.52. The lowest BCUT2D eigenvalue weighted by atomic mass is 9.84. The fraction of sp³-hybridized carbons (Fsp3) is 0.276. The van der Waals surface area contributed by atoms with Crippen LogP contribution in [-0.4, -0.2) is 32.3 Å². The van der Waals surface area contributed by atoms with Crippen LogP contribution < -0.4 is 9.47 Å². The Morgan fingerprint density at radius 1 is 1.00 bits per heavy atom. The molecule has 0 amide bonds. The van der Waals surface area contributed by atoms with Gasteiger partial charge in [0.15, 0.2) is 5.92 Å². The van der Waals surface area contributed by atoms with Gasteiger partial charge in [-0.15, -0.1) is 0 Å². The standard InChI is InChI=1S/C29H28N4O6/c1-18-19(2)33(36)25(32(18)17-20-10-6-5-7-11-20)23(24-26(34)38-29(3,4)39-27(24)35)21-12-8-13-22(16-21)37-28-30-14-9-15-31-28/h5-16,23-24H,17H2,1-4H3/t23-/m0/s1. The Bertz CT molecular complexity index is 1500. The summed E-state index contributed by atoms with van der Waals surface area (Å²) in [4.78, 5) is 34.9. The highest BCUT2D eigenvalue weighted by molar-refractivity contribution is 5.98. The fourth-order valence-corrected chi connectivity index (χ4v) is 4.76. The van der Waals surface area contributed by atoms with E-state index in [9.17, 15) is 14.8 Å². The number of carbonyl (C=O) groups is 2. The van der Waals surface area contributed by atoms with E-state index in [0.29, 0.717) is 29.2 Å². The van der Waals surface area contributed by atoms with Crippen LogP contribution >= 0.6 is 0 Å². The number of esters is 2. The predicted molar refractivity (Wildman–Crippen MR) is 139 cm³/mol. The summed E-state index contributed by atoms with van der Waals surface area (Å²) < 4.78 is 19.4. The topological polar surface area (TPSA) is 119 Å². The summed E-state index contributed by atoms with van der Waals surface area (Å²) in [5.41, 5.74) is 2.59. The van der Waals surface area contributed by atoms with Crippen LogP contribution in [0.3, 0.4) is 0 Å². The van der Waals surface area contributed by atoms with Crippen molar-refractivity contribution in [3.63, 3.8) is 0 Å². The molecular formula is C29H28N4O6. The first-order chi connectivity index (χ1) is 18.6. The molecule has 0 unspecified atom stereocenters. The zero-order valence-corrected chi connectivity index (χ0v) is 22.0. The molecule has 1 aliphatic rings. The van der Waals surface area contributed by atoms with Crippen LogP contribution in [0.5, 0.6) is 11.8 Å². The molecule has 2 aromatic carbocycles. The first-order valence-electron chi connectivity index (χ1n) is 12.5. The van der Waals surface area contributed by atoms with Gasteiger partial charge in [-0.25, -0.2) is 19.3 Å². The number of aromatic nitrogens is 4. The number of carbonyl (C=O) groups excluding carboxylic acids is 2. The second-order valence-electron chi connectivity index (χ2n) is 9.80. The van der Waals surface area contributed by atoms with E-state index in [4.69, 9.17) is 14.2 Å². The third kappa shape index (κ3) is 5.18. The van der Waals surface area contributed by atoms with Gasteiger partial charge in [-0.2, -0.15) is 0 Å². The van der Waals surface area contributed by atoms with Crippen molar-refractivity contribution in [1.82, 2.24) is 14.5 Å². The van der Waals surface area contributed by atoms with E-state index in [0.717, 1.165) is 10.3 Å². The number of rotatable bonds is 7. The van der Waals surface area contributed by atoms with Crippen molar-refractivity contribution in [3.8, 4) is 11.8 Å². The summed E-state index contributed by atoms with van der Waals surface area (Å²) in [7, 11) is 0. The number of imidazole rings is 1. The molecule has 200 valence electrons. The molecule has 0 spiro atoms. The SMILES string of the molecule is Cc1c(C)[n+]([O-])c([C@@H](c2cccc(Oc3ncccn3)c2)C2C(=O)OC(C)(C)OC2=O)n1Cc1ccccc1. The highest BCUT2D eigenvalue weighted by Crippen LogP contribution is 2.39. The van der Waals surface area contributed by atoms with E-state index in [1.54, 1.807) is 49.6 Å². The molecule has 0 saturated carbocycles. The van der Waals surface area contributed by atoms with Crippen molar-refractivity contribution in [2.45, 2.75) is 45.9 Å². The molecule has 1 saturated heterocycles. The Balaban J connectivity index is 1.67. The quantitative estimate of drug-likeness (QED) is 0.153. The van der Waals surface area contributed by atoms with Crippen LogP contribution in [-0.2, 0) is 25.6 Å². The largest absolute Gasteiger partial charge is 0.711 e. The molecule has 10 nitrogen and oxygen atoms in total. The highest BCUT2D eigenvalue weighted by atomic mass is 16.7. The second-order valence-corrected chi connectivity index (χ2v) is 9.80. The van der Waals surface area contributed by atoms with Crippen LogP contribution in [0.4, 0.5) is 0 Å². The Morgan fingerprint density at radius 2 is 1.67 bits per heavy atom. The third-order valence-electron chi connectivity index (χ3n) is 6.68. The molecule has 0 radical (unpaired) electrons. The van der Waals surface area contributed by atoms with Gasteiger partial charge in [-0.1, -0.05) is 42.5 Å². The van der Waals surface area contributed by atoms with Gasteiger partial charge in [-0.05, 0) is 29.3 Å². The lowest BCUT2D eigenvalue weighted by molar-refractivity contribution is -0.621. The van der Waals surface area contributed by atoms with E-state index in [1.807, 2.05) is 41.8 Å². The van der Waals surface area contributed by atoms with Crippen LogP contribution in [0.25, 0.3) is 0 Å². The molecule has 4 aromatic rings. The molecule has 5 rings (SSSR count).